The van der Waals surface area contributed by atoms with Crippen LogP contribution in [0.25, 0.3) is 0 Å². The molecule has 4 rings (SSSR count). The second-order valence-corrected chi connectivity index (χ2v) is 10.7. The van der Waals surface area contributed by atoms with E-state index >= 15 is 0 Å². The number of carbonyl (C=O) groups excluding carboxylic acids is 3. The summed E-state index contributed by atoms with van der Waals surface area (Å²) in [6.45, 7) is 0. The molecule has 1 saturated heterocycles. The van der Waals surface area contributed by atoms with Crippen molar-refractivity contribution in [3.05, 3.63) is 22.9 Å². The largest absolute Gasteiger partial charge is 0.477 e. The van der Waals surface area contributed by atoms with Crippen LogP contribution in [0.15, 0.2) is 20.8 Å². The third-order valence-electron chi connectivity index (χ3n) is 4.73. The summed E-state index contributed by atoms with van der Waals surface area (Å²) in [6, 6.07) is -0.991. The molecule has 0 bridgehead atoms. The van der Waals surface area contributed by atoms with E-state index in [1.54, 1.807) is 0 Å². The Hall–Kier alpha value is -3.29. The molecule has 15 nitrogen and oxygen atoms in total. The molecular weight excluding hydrogens is 557 g/mol. The summed E-state index contributed by atoms with van der Waals surface area (Å²) >= 11 is 4.33. The molecule has 4 N–H and O–H groups in total. The fourth-order valence-electron chi connectivity index (χ4n) is 3.20. The number of carbonyl (C=O) groups is 4. The van der Waals surface area contributed by atoms with Crippen LogP contribution in [-0.2, 0) is 24.0 Å². The van der Waals surface area contributed by atoms with Gasteiger partial charge in [-0.25, -0.2) is 14.6 Å². The van der Waals surface area contributed by atoms with E-state index in [1.807, 2.05) is 0 Å². The summed E-state index contributed by atoms with van der Waals surface area (Å²) in [6.07, 6.45) is 0. The van der Waals surface area contributed by atoms with Crippen molar-refractivity contribution >= 4 is 81.2 Å². The van der Waals surface area contributed by atoms with Gasteiger partial charge in [-0.15, -0.1) is 11.8 Å². The number of aromatic nitrogens is 4. The maximum Gasteiger partial charge on any atom is 0.377 e. The summed E-state index contributed by atoms with van der Waals surface area (Å²) in [4.78, 5) is 63.0. The molecule has 1 unspecified atom stereocenters. The Balaban J connectivity index is 1.47. The Bertz CT molecular complexity index is 1290. The predicted octanol–water partition coefficient (Wildman–Crippen LogP) is -0.360. The Morgan fingerprint density at radius 2 is 2.00 bits per heavy atom. The third kappa shape index (κ3) is 4.99. The topological polar surface area (TPSA) is 212 Å². The minimum absolute atomic E-state index is 0.0609. The van der Waals surface area contributed by atoms with Gasteiger partial charge >= 0.3 is 11.9 Å². The molecule has 19 heteroatoms. The molecule has 1 fully saturated rings. The first-order valence-electron chi connectivity index (χ1n) is 9.71. The van der Waals surface area contributed by atoms with Crippen LogP contribution in [0, 0.1) is 0 Å². The van der Waals surface area contributed by atoms with Crippen LogP contribution in [0.3, 0.4) is 0 Å². The number of rotatable bonds is 9. The Labute approximate surface area is 218 Å². The molecule has 190 valence electrons. The summed E-state index contributed by atoms with van der Waals surface area (Å²) in [7, 11) is 2.45. The molecule has 2 aromatic heterocycles. The lowest BCUT2D eigenvalue weighted by atomic mass is 10.0. The highest BCUT2D eigenvalue weighted by atomic mass is 32.2. The smallest absolute Gasteiger partial charge is 0.377 e. The van der Waals surface area contributed by atoms with Gasteiger partial charge in [-0.05, 0) is 17.1 Å². The molecule has 4 heterocycles. The van der Waals surface area contributed by atoms with Crippen LogP contribution in [0.1, 0.15) is 16.4 Å². The highest BCUT2D eigenvalue weighted by Crippen LogP contribution is 2.41. The summed E-state index contributed by atoms with van der Waals surface area (Å²) < 4.78 is 12.8. The zero-order valence-corrected chi connectivity index (χ0v) is 21.6. The van der Waals surface area contributed by atoms with Crippen LogP contribution in [0.2, 0.25) is 0 Å². The van der Waals surface area contributed by atoms with Crippen molar-refractivity contribution in [1.29, 1.82) is 0 Å². The quantitative estimate of drug-likeness (QED) is 0.115. The molecule has 2 aliphatic rings. The first-order valence-corrected chi connectivity index (χ1v) is 13.3. The van der Waals surface area contributed by atoms with E-state index in [-0.39, 0.29) is 33.9 Å². The number of amides is 2. The maximum atomic E-state index is 12.9. The minimum atomic E-state index is -1.27. The molecule has 2 aromatic rings. The number of nitrogens with one attached hydrogen (secondary N) is 1. The molecule has 0 spiro atoms. The number of nitrogen functional groups attached to an aromatic ring is 1. The van der Waals surface area contributed by atoms with Crippen molar-refractivity contribution in [2.24, 2.45) is 5.16 Å². The lowest BCUT2D eigenvalue weighted by Gasteiger charge is -2.49. The van der Waals surface area contributed by atoms with Gasteiger partial charge in [0, 0.05) is 23.0 Å². The van der Waals surface area contributed by atoms with E-state index in [2.05, 4.69) is 33.9 Å². The fraction of sp³-hybridized carbons (Fsp3) is 0.353. The average Bonchev–Trinajstić information content (AvgIpc) is 3.52. The number of nitrogens with two attached hydrogens (primary N) is 1. The molecule has 0 radical (unpaired) electrons. The number of fused-ring (bicyclic) bond motifs is 1. The molecule has 2 amide bonds. The zero-order valence-electron chi connectivity index (χ0n) is 18.4. The number of methoxy groups -OCH3 is 1. The first kappa shape index (κ1) is 25.8. The van der Waals surface area contributed by atoms with E-state index < -0.39 is 35.2 Å². The van der Waals surface area contributed by atoms with Crippen molar-refractivity contribution in [3.8, 4) is 0 Å². The van der Waals surface area contributed by atoms with Gasteiger partial charge in [0.15, 0.2) is 9.47 Å². The number of ether oxygens (including phenoxy) is 1. The van der Waals surface area contributed by atoms with Crippen molar-refractivity contribution in [1.82, 2.24) is 28.9 Å². The minimum Gasteiger partial charge on any atom is -0.477 e. The standard InChI is InChI=1S/C17H16N8O7S4/c1-31-15(30)10-21-17(36-24-10)34-4-5-3-33-13-7(12(27)25(13)8(5)14(28)29)19-11(26)6(22-32-2)9-20-16(18)35-23-9/h7,13H,3-4H2,1-2H3,(H,19,26)(H,28,29)(H2,18,20,23)/t7?,13-/m1/s1. The molecule has 36 heavy (non-hydrogen) atoms. The number of aliphatic carboxylic acids is 1. The summed E-state index contributed by atoms with van der Waals surface area (Å²) in [5.74, 6) is -2.95. The monoisotopic (exact) mass is 572 g/mol. The number of β-lactam (4-membered cyclic amide) rings is 1. The van der Waals surface area contributed by atoms with Gasteiger partial charge in [0.2, 0.25) is 11.5 Å². The van der Waals surface area contributed by atoms with E-state index in [0.29, 0.717) is 15.7 Å². The van der Waals surface area contributed by atoms with Gasteiger partial charge in [0.25, 0.3) is 17.6 Å². The molecule has 0 saturated carbocycles. The van der Waals surface area contributed by atoms with Gasteiger partial charge in [-0.1, -0.05) is 16.9 Å². The SMILES string of the molecule is CON=C(C(=O)NC1C(=O)N2C(C(=O)O)=C(CSc3nc(C(=O)OC)ns3)CS[C@H]12)c1nsc(N)n1. The lowest BCUT2D eigenvalue weighted by molar-refractivity contribution is -0.150. The number of nitrogens with zero attached hydrogens (tertiary/aromatic N) is 6. The van der Waals surface area contributed by atoms with Gasteiger partial charge < -0.3 is 25.7 Å². The van der Waals surface area contributed by atoms with Crippen LogP contribution >= 0.6 is 46.6 Å². The predicted molar refractivity (Wildman–Crippen MR) is 130 cm³/mol. The van der Waals surface area contributed by atoms with E-state index in [9.17, 15) is 24.3 Å². The van der Waals surface area contributed by atoms with E-state index in [1.165, 1.54) is 37.7 Å². The van der Waals surface area contributed by atoms with Gasteiger partial charge in [-0.3, -0.25) is 14.5 Å². The first-order chi connectivity index (χ1) is 17.2. The number of esters is 1. The van der Waals surface area contributed by atoms with E-state index in [4.69, 9.17) is 10.6 Å². The van der Waals surface area contributed by atoms with Crippen LogP contribution in [-0.4, -0.2) is 95.3 Å². The third-order valence-corrected chi connectivity index (χ3v) is 8.53. The number of thioether (sulfide) groups is 2. The van der Waals surface area contributed by atoms with Gasteiger partial charge in [0.1, 0.15) is 24.2 Å². The van der Waals surface area contributed by atoms with Crippen LogP contribution < -0.4 is 11.1 Å². The van der Waals surface area contributed by atoms with Crippen LogP contribution in [0.4, 0.5) is 5.13 Å². The number of carboxylic acids is 1. The number of anilines is 1. The van der Waals surface area contributed by atoms with Crippen molar-refractivity contribution in [2.45, 2.75) is 15.8 Å². The molecule has 0 aromatic carbocycles. The van der Waals surface area contributed by atoms with Crippen molar-refractivity contribution in [3.63, 3.8) is 0 Å². The molecule has 2 atom stereocenters. The molecule has 0 aliphatic carbocycles. The normalized spacial score (nSPS) is 19.4. The van der Waals surface area contributed by atoms with Crippen LogP contribution in [0.5, 0.6) is 0 Å². The Kier molecular flexibility index (Phi) is 7.71. The second-order valence-electron chi connectivity index (χ2n) is 6.86. The van der Waals surface area contributed by atoms with Crippen molar-refractivity contribution in [2.75, 3.05) is 31.5 Å². The van der Waals surface area contributed by atoms with Gasteiger partial charge in [-0.2, -0.15) is 13.7 Å². The Morgan fingerprint density at radius 1 is 1.25 bits per heavy atom. The van der Waals surface area contributed by atoms with Crippen molar-refractivity contribution < 1.29 is 33.9 Å². The number of oxime groups is 1. The molecule has 2 aliphatic heterocycles. The highest BCUT2D eigenvalue weighted by Gasteiger charge is 2.54. The van der Waals surface area contributed by atoms with E-state index in [0.717, 1.165) is 28.0 Å². The zero-order chi connectivity index (χ0) is 26.0. The summed E-state index contributed by atoms with van der Waals surface area (Å²) in [5.41, 5.74) is 5.63. The highest BCUT2D eigenvalue weighted by molar-refractivity contribution is 8.01. The fourth-order valence-corrected chi connectivity index (χ4v) is 6.71. The average molecular weight is 573 g/mol. The second kappa shape index (κ2) is 10.8. The van der Waals surface area contributed by atoms with Gasteiger partial charge in [0.05, 0.1) is 7.11 Å². The number of hydrogen-bond acceptors (Lipinski definition) is 16. The number of carboxylic acid groups (broad SMARTS) is 1. The maximum absolute atomic E-state index is 12.9. The summed E-state index contributed by atoms with van der Waals surface area (Å²) in [5, 5.41) is 15.5. The number of hydrogen-bond donors (Lipinski definition) is 3. The Morgan fingerprint density at radius 3 is 2.64 bits per heavy atom. The molecular formula is C17H16N8O7S4. The lowest BCUT2D eigenvalue weighted by Crippen LogP contribution is -2.71.